The van der Waals surface area contributed by atoms with Crippen LogP contribution < -0.4 is 18.9 Å². The van der Waals surface area contributed by atoms with E-state index in [4.69, 9.17) is 23.7 Å². The van der Waals surface area contributed by atoms with Crippen molar-refractivity contribution in [1.29, 1.82) is 0 Å². The molecule has 0 unspecified atom stereocenters. The lowest BCUT2D eigenvalue weighted by molar-refractivity contribution is -0.137. The Bertz CT molecular complexity index is 813. The van der Waals surface area contributed by atoms with Gasteiger partial charge in [-0.25, -0.2) is 4.79 Å². The first-order valence-corrected chi connectivity index (χ1v) is 8.66. The van der Waals surface area contributed by atoms with Crippen LogP contribution in [0.5, 0.6) is 23.0 Å². The molecule has 142 valence electrons. The standard InChI is InChI=1S/C21H22O6/c1-23-19-16(13-17-20(21(19)24-2)27-14-26-17)9-6-12-25-18(22)11-10-15-7-4-3-5-8-15/h3-5,7-8,10-11,13H,6,9,12,14H2,1-2H3/b11-10+. The van der Waals surface area contributed by atoms with Crippen molar-refractivity contribution in [3.63, 3.8) is 0 Å². The maximum Gasteiger partial charge on any atom is 0.330 e. The molecule has 0 aliphatic carbocycles. The Hall–Kier alpha value is -3.15. The summed E-state index contributed by atoms with van der Waals surface area (Å²) in [5.41, 5.74) is 1.86. The number of hydrogen-bond acceptors (Lipinski definition) is 6. The maximum atomic E-state index is 11.8. The molecule has 0 N–H and O–H groups in total. The molecule has 0 spiro atoms. The van der Waals surface area contributed by atoms with Crippen molar-refractivity contribution >= 4 is 12.0 Å². The van der Waals surface area contributed by atoms with Crippen LogP contribution >= 0.6 is 0 Å². The van der Waals surface area contributed by atoms with Gasteiger partial charge < -0.3 is 23.7 Å². The van der Waals surface area contributed by atoms with Gasteiger partial charge in [0, 0.05) is 11.6 Å². The Morgan fingerprint density at radius 1 is 1.11 bits per heavy atom. The molecule has 1 heterocycles. The predicted molar refractivity (Wildman–Crippen MR) is 100 cm³/mol. The van der Waals surface area contributed by atoms with Crippen LogP contribution in [0.25, 0.3) is 6.08 Å². The molecular formula is C21H22O6. The summed E-state index contributed by atoms with van der Waals surface area (Å²) < 4.78 is 27.0. The third kappa shape index (κ3) is 4.53. The number of fused-ring (bicyclic) bond motifs is 1. The van der Waals surface area contributed by atoms with Crippen LogP contribution in [0, 0.1) is 0 Å². The van der Waals surface area contributed by atoms with E-state index in [9.17, 15) is 4.79 Å². The SMILES string of the molecule is COc1c(CCCOC(=O)/C=C/c2ccccc2)cc2c(c1OC)OCO2. The number of carbonyl (C=O) groups excluding carboxylic acids is 1. The van der Waals surface area contributed by atoms with Crippen molar-refractivity contribution < 1.29 is 28.5 Å². The van der Waals surface area contributed by atoms with Gasteiger partial charge in [-0.05, 0) is 30.5 Å². The normalized spacial score (nSPS) is 12.2. The molecule has 1 aliphatic rings. The first kappa shape index (κ1) is 18.6. The average molecular weight is 370 g/mol. The zero-order chi connectivity index (χ0) is 19.1. The number of aryl methyl sites for hydroxylation is 1. The summed E-state index contributed by atoms with van der Waals surface area (Å²) in [5.74, 6) is 1.94. The molecule has 0 saturated heterocycles. The van der Waals surface area contributed by atoms with Crippen LogP contribution in [-0.2, 0) is 16.0 Å². The summed E-state index contributed by atoms with van der Waals surface area (Å²) in [6, 6.07) is 11.5. The average Bonchev–Trinajstić information content (AvgIpc) is 3.17. The number of methoxy groups -OCH3 is 2. The minimum atomic E-state index is -0.367. The Balaban J connectivity index is 1.55. The Kier molecular flexibility index (Phi) is 6.20. The van der Waals surface area contributed by atoms with Gasteiger partial charge in [-0.1, -0.05) is 30.3 Å². The molecule has 27 heavy (non-hydrogen) atoms. The number of hydrogen-bond donors (Lipinski definition) is 0. The molecule has 6 heteroatoms. The van der Waals surface area contributed by atoms with E-state index in [0.717, 1.165) is 11.1 Å². The van der Waals surface area contributed by atoms with Gasteiger partial charge in [0.15, 0.2) is 11.5 Å². The number of esters is 1. The molecule has 0 saturated carbocycles. The van der Waals surface area contributed by atoms with E-state index in [1.165, 1.54) is 6.08 Å². The van der Waals surface area contributed by atoms with E-state index in [1.54, 1.807) is 20.3 Å². The van der Waals surface area contributed by atoms with E-state index in [2.05, 4.69) is 0 Å². The van der Waals surface area contributed by atoms with E-state index in [0.29, 0.717) is 42.4 Å². The Labute approximate surface area is 158 Å². The lowest BCUT2D eigenvalue weighted by Crippen LogP contribution is -2.04. The van der Waals surface area contributed by atoms with E-state index in [1.807, 2.05) is 36.4 Å². The smallest absolute Gasteiger partial charge is 0.330 e. The monoisotopic (exact) mass is 370 g/mol. The van der Waals surface area contributed by atoms with Gasteiger partial charge in [0.1, 0.15) is 0 Å². The molecule has 0 aromatic heterocycles. The Morgan fingerprint density at radius 3 is 2.63 bits per heavy atom. The van der Waals surface area contributed by atoms with Gasteiger partial charge in [-0.15, -0.1) is 0 Å². The number of rotatable bonds is 8. The van der Waals surface area contributed by atoms with Gasteiger partial charge in [0.25, 0.3) is 0 Å². The quantitative estimate of drug-likeness (QED) is 0.402. The van der Waals surface area contributed by atoms with Crippen molar-refractivity contribution in [3.05, 3.63) is 53.6 Å². The van der Waals surface area contributed by atoms with Crippen LogP contribution in [0.2, 0.25) is 0 Å². The van der Waals surface area contributed by atoms with Crippen molar-refractivity contribution in [2.45, 2.75) is 12.8 Å². The fraction of sp³-hybridized carbons (Fsp3) is 0.286. The molecule has 0 bridgehead atoms. The Morgan fingerprint density at radius 2 is 1.89 bits per heavy atom. The highest BCUT2D eigenvalue weighted by Crippen LogP contribution is 2.49. The largest absolute Gasteiger partial charge is 0.492 e. The van der Waals surface area contributed by atoms with Gasteiger partial charge >= 0.3 is 5.97 Å². The topological polar surface area (TPSA) is 63.2 Å². The second kappa shape index (κ2) is 8.98. The fourth-order valence-electron chi connectivity index (χ4n) is 2.85. The molecular weight excluding hydrogens is 348 g/mol. The van der Waals surface area contributed by atoms with Crippen molar-refractivity contribution in [3.8, 4) is 23.0 Å². The van der Waals surface area contributed by atoms with Gasteiger partial charge in [0.2, 0.25) is 18.3 Å². The number of ether oxygens (including phenoxy) is 5. The lowest BCUT2D eigenvalue weighted by Gasteiger charge is -2.14. The van der Waals surface area contributed by atoms with E-state index < -0.39 is 0 Å². The van der Waals surface area contributed by atoms with Crippen molar-refractivity contribution in [1.82, 2.24) is 0 Å². The fourth-order valence-corrected chi connectivity index (χ4v) is 2.85. The molecule has 6 nitrogen and oxygen atoms in total. The highest BCUT2D eigenvalue weighted by Gasteiger charge is 2.25. The second-order valence-electron chi connectivity index (χ2n) is 5.85. The minimum absolute atomic E-state index is 0.156. The van der Waals surface area contributed by atoms with Crippen LogP contribution in [0.15, 0.2) is 42.5 Å². The molecule has 2 aromatic carbocycles. The third-order valence-corrected chi connectivity index (χ3v) is 4.11. The summed E-state index contributed by atoms with van der Waals surface area (Å²) in [5, 5.41) is 0. The zero-order valence-electron chi connectivity index (χ0n) is 15.4. The van der Waals surface area contributed by atoms with Crippen LogP contribution in [0.1, 0.15) is 17.5 Å². The summed E-state index contributed by atoms with van der Waals surface area (Å²) in [6.45, 7) is 0.460. The van der Waals surface area contributed by atoms with Crippen LogP contribution in [0.4, 0.5) is 0 Å². The first-order valence-electron chi connectivity index (χ1n) is 8.66. The van der Waals surface area contributed by atoms with Gasteiger partial charge in [-0.2, -0.15) is 0 Å². The summed E-state index contributed by atoms with van der Waals surface area (Å²) in [7, 11) is 3.14. The van der Waals surface area contributed by atoms with Gasteiger partial charge in [0.05, 0.1) is 20.8 Å². The van der Waals surface area contributed by atoms with Crippen LogP contribution in [-0.4, -0.2) is 33.6 Å². The van der Waals surface area contributed by atoms with Crippen molar-refractivity contribution in [2.24, 2.45) is 0 Å². The molecule has 0 fully saturated rings. The highest BCUT2D eigenvalue weighted by atomic mass is 16.7. The first-order chi connectivity index (χ1) is 13.2. The van der Waals surface area contributed by atoms with Crippen molar-refractivity contribution in [2.75, 3.05) is 27.6 Å². The molecule has 0 atom stereocenters. The third-order valence-electron chi connectivity index (χ3n) is 4.11. The maximum absolute atomic E-state index is 11.8. The second-order valence-corrected chi connectivity index (χ2v) is 5.85. The lowest BCUT2D eigenvalue weighted by atomic mass is 10.1. The summed E-state index contributed by atoms with van der Waals surface area (Å²) in [6.07, 6.45) is 4.45. The molecule has 1 aliphatic heterocycles. The summed E-state index contributed by atoms with van der Waals surface area (Å²) >= 11 is 0. The molecule has 0 radical (unpaired) electrons. The number of carbonyl (C=O) groups is 1. The van der Waals surface area contributed by atoms with E-state index >= 15 is 0 Å². The molecule has 0 amide bonds. The van der Waals surface area contributed by atoms with Gasteiger partial charge in [-0.3, -0.25) is 0 Å². The zero-order valence-corrected chi connectivity index (χ0v) is 15.4. The predicted octanol–water partition coefficient (Wildman–Crippen LogP) is 3.62. The molecule has 2 aromatic rings. The minimum Gasteiger partial charge on any atom is -0.492 e. The highest BCUT2D eigenvalue weighted by molar-refractivity contribution is 5.87. The number of benzene rings is 2. The van der Waals surface area contributed by atoms with Crippen LogP contribution in [0.3, 0.4) is 0 Å². The van der Waals surface area contributed by atoms with E-state index in [-0.39, 0.29) is 12.8 Å². The summed E-state index contributed by atoms with van der Waals surface area (Å²) in [4.78, 5) is 11.8. The molecule has 3 rings (SSSR count).